The minimum absolute atomic E-state index is 0.0497. The van der Waals surface area contributed by atoms with Gasteiger partial charge in [-0.3, -0.25) is 9.59 Å². The normalized spacial score (nSPS) is 28.3. The van der Waals surface area contributed by atoms with Crippen LogP contribution in [0.25, 0.3) is 0 Å². The van der Waals surface area contributed by atoms with E-state index in [1.807, 2.05) is 17.8 Å². The number of thioether (sulfide) groups is 1. The first-order valence-corrected chi connectivity index (χ1v) is 12.9. The Hall–Kier alpha value is -1.49. The molecule has 2 saturated carbocycles. The Kier molecular flexibility index (Phi) is 5.83. The molecule has 2 saturated heterocycles. The summed E-state index contributed by atoms with van der Waals surface area (Å²) in [6.07, 6.45) is 9.97. The van der Waals surface area contributed by atoms with Crippen molar-refractivity contribution < 1.29 is 9.59 Å². The number of hydrogen-bond acceptors (Lipinski definition) is 3. The zero-order valence-electron chi connectivity index (χ0n) is 17.9. The molecule has 4 fully saturated rings. The van der Waals surface area contributed by atoms with Crippen LogP contribution >= 0.6 is 11.8 Å². The largest absolute Gasteiger partial charge is 0.342 e. The van der Waals surface area contributed by atoms with Gasteiger partial charge in [0.05, 0.1) is 4.87 Å². The molecule has 0 bridgehead atoms. The number of carbonyl (C=O) groups is 2. The average Bonchev–Trinajstić information content (AvgIpc) is 3.21. The van der Waals surface area contributed by atoms with E-state index >= 15 is 0 Å². The Morgan fingerprint density at radius 2 is 1.77 bits per heavy atom. The van der Waals surface area contributed by atoms with Crippen LogP contribution in [0.1, 0.15) is 69.3 Å². The van der Waals surface area contributed by atoms with E-state index in [0.29, 0.717) is 17.7 Å². The summed E-state index contributed by atoms with van der Waals surface area (Å²) in [5.74, 6) is 3.09. The molecule has 5 rings (SSSR count). The zero-order valence-corrected chi connectivity index (χ0v) is 18.7. The summed E-state index contributed by atoms with van der Waals surface area (Å²) in [5, 5.41) is 0. The van der Waals surface area contributed by atoms with Crippen LogP contribution in [-0.2, 0) is 9.59 Å². The van der Waals surface area contributed by atoms with Gasteiger partial charge in [-0.15, -0.1) is 11.8 Å². The number of benzene rings is 1. The van der Waals surface area contributed by atoms with Gasteiger partial charge in [-0.2, -0.15) is 0 Å². The quantitative estimate of drug-likeness (QED) is 0.688. The van der Waals surface area contributed by atoms with Gasteiger partial charge in [-0.25, -0.2) is 0 Å². The first kappa shape index (κ1) is 20.4. The first-order valence-electron chi connectivity index (χ1n) is 11.9. The van der Waals surface area contributed by atoms with Crippen molar-refractivity contribution in [3.8, 4) is 0 Å². The zero-order chi connectivity index (χ0) is 20.6. The van der Waals surface area contributed by atoms with Crippen molar-refractivity contribution in [2.24, 2.45) is 11.8 Å². The molecule has 4 nitrogen and oxygen atoms in total. The molecule has 2 heterocycles. The molecule has 0 N–H and O–H groups in total. The first-order chi connectivity index (χ1) is 14.7. The van der Waals surface area contributed by atoms with Gasteiger partial charge in [0, 0.05) is 37.7 Å². The highest BCUT2D eigenvalue weighted by Gasteiger charge is 2.50. The van der Waals surface area contributed by atoms with Crippen LogP contribution in [0, 0.1) is 11.8 Å². The number of rotatable bonds is 5. The summed E-state index contributed by atoms with van der Waals surface area (Å²) in [4.78, 5) is 30.3. The standard InChI is InChI=1S/C25H34N2O2S/c28-23(11-10-19-6-4-5-7-19)27-16-17-30-25(27)12-14-26(15-13-25)24(29)22-18-21(22)20-8-2-1-3-9-20/h1-3,8-9,19,21-22H,4-7,10-18H2/t21-,22-/m0/s1. The van der Waals surface area contributed by atoms with E-state index in [2.05, 4.69) is 34.1 Å². The van der Waals surface area contributed by atoms with Gasteiger partial charge in [-0.05, 0) is 43.1 Å². The van der Waals surface area contributed by atoms with E-state index in [1.165, 1.54) is 31.2 Å². The molecule has 0 unspecified atom stereocenters. The molecule has 5 heteroatoms. The topological polar surface area (TPSA) is 40.6 Å². The van der Waals surface area contributed by atoms with Crippen LogP contribution in [0.5, 0.6) is 0 Å². The molecule has 2 atom stereocenters. The summed E-state index contributed by atoms with van der Waals surface area (Å²) in [7, 11) is 0. The van der Waals surface area contributed by atoms with E-state index in [1.54, 1.807) is 0 Å². The molecule has 0 radical (unpaired) electrons. The van der Waals surface area contributed by atoms with Crippen molar-refractivity contribution in [3.05, 3.63) is 35.9 Å². The van der Waals surface area contributed by atoms with Crippen LogP contribution < -0.4 is 0 Å². The highest BCUT2D eigenvalue weighted by atomic mass is 32.2. The van der Waals surface area contributed by atoms with Gasteiger partial charge in [-0.1, -0.05) is 56.0 Å². The second-order valence-electron chi connectivity index (χ2n) is 9.71. The van der Waals surface area contributed by atoms with Crippen LogP contribution in [0.2, 0.25) is 0 Å². The Balaban J connectivity index is 1.14. The number of nitrogens with zero attached hydrogens (tertiary/aromatic N) is 2. The van der Waals surface area contributed by atoms with Crippen molar-refractivity contribution in [2.75, 3.05) is 25.4 Å². The molecule has 2 aliphatic carbocycles. The number of carbonyl (C=O) groups excluding carboxylic acids is 2. The number of amides is 2. The van der Waals surface area contributed by atoms with Gasteiger partial charge in [0.1, 0.15) is 0 Å². The van der Waals surface area contributed by atoms with E-state index in [9.17, 15) is 9.59 Å². The summed E-state index contributed by atoms with van der Waals surface area (Å²) in [6, 6.07) is 10.5. The lowest BCUT2D eigenvalue weighted by Crippen LogP contribution is -2.53. The molecule has 1 aromatic carbocycles. The summed E-state index contributed by atoms with van der Waals surface area (Å²) in [5.41, 5.74) is 1.30. The molecular weight excluding hydrogens is 392 g/mol. The Labute approximate surface area is 184 Å². The van der Waals surface area contributed by atoms with Gasteiger partial charge < -0.3 is 9.80 Å². The maximum atomic E-state index is 13.1. The molecule has 1 aromatic rings. The second kappa shape index (κ2) is 8.57. The number of hydrogen-bond donors (Lipinski definition) is 0. The minimum atomic E-state index is -0.0497. The highest BCUT2D eigenvalue weighted by Crippen LogP contribution is 2.50. The summed E-state index contributed by atoms with van der Waals surface area (Å²) >= 11 is 1.96. The maximum absolute atomic E-state index is 13.1. The highest BCUT2D eigenvalue weighted by molar-refractivity contribution is 8.00. The van der Waals surface area contributed by atoms with Gasteiger partial charge >= 0.3 is 0 Å². The predicted octanol–water partition coefficient (Wildman–Crippen LogP) is 4.65. The molecule has 0 aromatic heterocycles. The number of piperidine rings is 1. The maximum Gasteiger partial charge on any atom is 0.226 e. The summed E-state index contributed by atoms with van der Waals surface area (Å²) < 4.78 is 0. The SMILES string of the molecule is O=C([C@H]1C[C@H]1c1ccccc1)N1CCC2(CC1)SCCN2C(=O)CCC1CCCC1. The smallest absolute Gasteiger partial charge is 0.226 e. The fourth-order valence-corrected chi connectivity index (χ4v) is 7.46. The van der Waals surface area contributed by atoms with E-state index < -0.39 is 0 Å². The molecular formula is C25H34N2O2S. The van der Waals surface area contributed by atoms with Crippen molar-refractivity contribution in [2.45, 2.75) is 68.6 Å². The lowest BCUT2D eigenvalue weighted by molar-refractivity contribution is -0.138. The van der Waals surface area contributed by atoms with Crippen molar-refractivity contribution >= 4 is 23.6 Å². The fourth-order valence-electron chi connectivity index (χ4n) is 5.98. The second-order valence-corrected chi connectivity index (χ2v) is 11.2. The summed E-state index contributed by atoms with van der Waals surface area (Å²) in [6.45, 7) is 2.49. The molecule has 2 aliphatic heterocycles. The lowest BCUT2D eigenvalue weighted by atomic mass is 9.98. The van der Waals surface area contributed by atoms with E-state index in [0.717, 1.165) is 63.4 Å². The third-order valence-corrected chi connectivity index (χ3v) is 9.46. The Morgan fingerprint density at radius 3 is 2.50 bits per heavy atom. The van der Waals surface area contributed by atoms with Gasteiger partial charge in [0.15, 0.2) is 0 Å². The van der Waals surface area contributed by atoms with E-state index in [-0.39, 0.29) is 10.8 Å². The van der Waals surface area contributed by atoms with Gasteiger partial charge in [0.25, 0.3) is 0 Å². The van der Waals surface area contributed by atoms with Crippen LogP contribution in [0.3, 0.4) is 0 Å². The lowest BCUT2D eigenvalue weighted by Gasteiger charge is -2.44. The van der Waals surface area contributed by atoms with Crippen LogP contribution in [0.15, 0.2) is 30.3 Å². The third-order valence-electron chi connectivity index (χ3n) is 7.91. The monoisotopic (exact) mass is 426 g/mol. The molecule has 1 spiro atoms. The van der Waals surface area contributed by atoms with Crippen LogP contribution in [0.4, 0.5) is 0 Å². The Morgan fingerprint density at radius 1 is 1.03 bits per heavy atom. The van der Waals surface area contributed by atoms with Crippen LogP contribution in [-0.4, -0.2) is 51.9 Å². The van der Waals surface area contributed by atoms with Gasteiger partial charge in [0.2, 0.25) is 11.8 Å². The fraction of sp³-hybridized carbons (Fsp3) is 0.680. The molecule has 162 valence electrons. The van der Waals surface area contributed by atoms with Crippen molar-refractivity contribution in [1.82, 2.24) is 9.80 Å². The molecule has 30 heavy (non-hydrogen) atoms. The van der Waals surface area contributed by atoms with E-state index in [4.69, 9.17) is 0 Å². The van der Waals surface area contributed by atoms with Crippen molar-refractivity contribution in [1.29, 1.82) is 0 Å². The predicted molar refractivity (Wildman–Crippen MR) is 121 cm³/mol. The molecule has 2 amide bonds. The average molecular weight is 427 g/mol. The van der Waals surface area contributed by atoms with Crippen molar-refractivity contribution in [3.63, 3.8) is 0 Å². The third kappa shape index (κ3) is 4.02. The Bertz CT molecular complexity index is 769. The number of likely N-dealkylation sites (tertiary alicyclic amines) is 1. The molecule has 4 aliphatic rings. The minimum Gasteiger partial charge on any atom is -0.342 e.